The Kier molecular flexibility index (Phi) is 3.39. The predicted octanol–water partition coefficient (Wildman–Crippen LogP) is 2.29. The molecule has 0 spiro atoms. The van der Waals surface area contributed by atoms with Crippen molar-refractivity contribution in [2.75, 3.05) is 5.32 Å². The molecule has 0 aliphatic heterocycles. The van der Waals surface area contributed by atoms with Crippen molar-refractivity contribution in [1.29, 1.82) is 5.26 Å². The van der Waals surface area contributed by atoms with Gasteiger partial charge < -0.3 is 5.32 Å². The monoisotopic (exact) mass is 308 g/mol. The maximum atomic E-state index is 13.5. The Morgan fingerprint density at radius 3 is 2.94 bits per heavy atom. The van der Waals surface area contributed by atoms with E-state index in [1.165, 1.54) is 18.2 Å². The second-order valence-corrected chi connectivity index (χ2v) is 4.26. The number of nitriles is 1. The van der Waals surface area contributed by atoms with Crippen LogP contribution in [-0.4, -0.2) is 9.97 Å². The van der Waals surface area contributed by atoms with E-state index in [0.29, 0.717) is 4.47 Å². The van der Waals surface area contributed by atoms with Gasteiger partial charge in [0.1, 0.15) is 23.4 Å². The molecule has 18 heavy (non-hydrogen) atoms. The van der Waals surface area contributed by atoms with Gasteiger partial charge in [-0.2, -0.15) is 10.2 Å². The van der Waals surface area contributed by atoms with Crippen LogP contribution in [0.4, 0.5) is 15.9 Å². The number of nitrogens with zero attached hydrogens (tertiary/aromatic N) is 2. The molecule has 0 radical (unpaired) electrons. The second kappa shape index (κ2) is 4.98. The summed E-state index contributed by atoms with van der Waals surface area (Å²) in [6.07, 6.45) is 0. The highest BCUT2D eigenvalue weighted by atomic mass is 79.9. The third kappa shape index (κ3) is 2.73. The second-order valence-electron chi connectivity index (χ2n) is 3.35. The van der Waals surface area contributed by atoms with Crippen molar-refractivity contribution in [2.24, 2.45) is 0 Å². The first-order valence-electron chi connectivity index (χ1n) is 4.82. The van der Waals surface area contributed by atoms with Crippen molar-refractivity contribution in [2.45, 2.75) is 0 Å². The fourth-order valence-electron chi connectivity index (χ4n) is 1.31. The van der Waals surface area contributed by atoms with Gasteiger partial charge in [0.25, 0.3) is 0 Å². The van der Waals surface area contributed by atoms with Gasteiger partial charge in [-0.3, -0.25) is 4.98 Å². The molecule has 7 heteroatoms. The molecule has 1 aromatic heterocycles. The maximum absolute atomic E-state index is 13.5. The molecule has 0 saturated carbocycles. The van der Waals surface area contributed by atoms with Gasteiger partial charge in [-0.1, -0.05) is 15.9 Å². The molecular formula is C11H6BrFN4O. The molecule has 0 unspecified atom stereocenters. The lowest BCUT2D eigenvalue weighted by atomic mass is 10.3. The summed E-state index contributed by atoms with van der Waals surface area (Å²) in [4.78, 5) is 17.0. The molecular weight excluding hydrogens is 303 g/mol. The molecule has 90 valence electrons. The van der Waals surface area contributed by atoms with E-state index in [2.05, 4.69) is 31.2 Å². The molecule has 5 nitrogen and oxygen atoms in total. The first-order valence-corrected chi connectivity index (χ1v) is 5.61. The van der Waals surface area contributed by atoms with Crippen molar-refractivity contribution in [3.63, 3.8) is 0 Å². The molecule has 2 aromatic rings. The van der Waals surface area contributed by atoms with Gasteiger partial charge in [-0.15, -0.1) is 0 Å². The Morgan fingerprint density at radius 2 is 2.22 bits per heavy atom. The predicted molar refractivity (Wildman–Crippen MR) is 67.0 cm³/mol. The zero-order valence-corrected chi connectivity index (χ0v) is 10.5. The molecule has 0 aliphatic rings. The number of anilines is 2. The molecule has 1 aromatic carbocycles. The SMILES string of the molecule is N#Cc1cc(Nc2cc(Br)ccc2F)nc(=O)[nH]1. The van der Waals surface area contributed by atoms with Gasteiger partial charge >= 0.3 is 5.69 Å². The topological polar surface area (TPSA) is 81.6 Å². The lowest BCUT2D eigenvalue weighted by Gasteiger charge is -2.06. The summed E-state index contributed by atoms with van der Waals surface area (Å²) >= 11 is 3.20. The van der Waals surface area contributed by atoms with E-state index in [0.717, 1.165) is 0 Å². The largest absolute Gasteiger partial charge is 0.347 e. The third-order valence-corrected chi connectivity index (χ3v) is 2.55. The molecule has 2 N–H and O–H groups in total. The summed E-state index contributed by atoms with van der Waals surface area (Å²) in [7, 11) is 0. The van der Waals surface area contributed by atoms with Crippen LogP contribution in [0.5, 0.6) is 0 Å². The molecule has 2 rings (SSSR count). The fraction of sp³-hybridized carbons (Fsp3) is 0. The van der Waals surface area contributed by atoms with E-state index in [4.69, 9.17) is 5.26 Å². The smallest absolute Gasteiger partial charge is 0.338 e. The van der Waals surface area contributed by atoms with Crippen molar-refractivity contribution in [1.82, 2.24) is 9.97 Å². The minimum Gasteiger partial charge on any atom is -0.338 e. The van der Waals surface area contributed by atoms with Crippen LogP contribution in [0.15, 0.2) is 33.5 Å². The Balaban J connectivity index is 2.40. The van der Waals surface area contributed by atoms with E-state index < -0.39 is 11.5 Å². The standard InChI is InChI=1S/C11H6BrFN4O/c12-6-1-2-8(13)9(3-6)16-10-4-7(5-14)15-11(18)17-10/h1-4H,(H2,15,16,17,18). The number of nitrogens with one attached hydrogen (secondary N) is 2. The summed E-state index contributed by atoms with van der Waals surface area (Å²) in [5.74, 6) is -0.383. The van der Waals surface area contributed by atoms with Crippen LogP contribution in [0.1, 0.15) is 5.69 Å². The Hall–Kier alpha value is -2.20. The van der Waals surface area contributed by atoms with Crippen molar-refractivity contribution >= 4 is 27.4 Å². The number of hydrogen-bond donors (Lipinski definition) is 2. The van der Waals surface area contributed by atoms with Crippen molar-refractivity contribution in [3.8, 4) is 6.07 Å². The summed E-state index contributed by atoms with van der Waals surface area (Å²) in [6, 6.07) is 7.42. The van der Waals surface area contributed by atoms with Crippen LogP contribution in [-0.2, 0) is 0 Å². The molecule has 0 saturated heterocycles. The van der Waals surface area contributed by atoms with E-state index in [1.807, 2.05) is 0 Å². The highest BCUT2D eigenvalue weighted by Crippen LogP contribution is 2.22. The van der Waals surface area contributed by atoms with E-state index in [-0.39, 0.29) is 17.2 Å². The van der Waals surface area contributed by atoms with Gasteiger partial charge in [0.15, 0.2) is 0 Å². The average Bonchev–Trinajstić information content (AvgIpc) is 2.33. The normalized spacial score (nSPS) is 9.83. The van der Waals surface area contributed by atoms with Crippen LogP contribution >= 0.6 is 15.9 Å². The van der Waals surface area contributed by atoms with Crippen LogP contribution < -0.4 is 11.0 Å². The Morgan fingerprint density at radius 1 is 1.44 bits per heavy atom. The van der Waals surface area contributed by atoms with Crippen LogP contribution in [0.25, 0.3) is 0 Å². The number of hydrogen-bond acceptors (Lipinski definition) is 4. The number of halogens is 2. The number of H-pyrrole nitrogens is 1. The van der Waals surface area contributed by atoms with Gasteiger partial charge in [0.05, 0.1) is 5.69 Å². The summed E-state index contributed by atoms with van der Waals surface area (Å²) < 4.78 is 14.2. The number of benzene rings is 1. The van der Waals surface area contributed by atoms with Gasteiger partial charge in [-0.05, 0) is 18.2 Å². The van der Waals surface area contributed by atoms with Crippen LogP contribution in [0.2, 0.25) is 0 Å². The maximum Gasteiger partial charge on any atom is 0.347 e. The number of aromatic nitrogens is 2. The van der Waals surface area contributed by atoms with Gasteiger partial charge in [-0.25, -0.2) is 9.18 Å². The quantitative estimate of drug-likeness (QED) is 0.892. The Bertz CT molecular complexity index is 692. The number of rotatable bonds is 2. The molecule has 0 bridgehead atoms. The minimum atomic E-state index is -0.674. The first-order chi connectivity index (χ1) is 8.58. The average molecular weight is 309 g/mol. The minimum absolute atomic E-state index is 0.0490. The van der Waals surface area contributed by atoms with E-state index in [1.54, 1.807) is 12.1 Å². The molecule has 0 fully saturated rings. The van der Waals surface area contributed by atoms with Crippen LogP contribution in [0, 0.1) is 17.1 Å². The first kappa shape index (κ1) is 12.3. The van der Waals surface area contributed by atoms with Gasteiger partial charge in [0, 0.05) is 10.5 Å². The van der Waals surface area contributed by atoms with Crippen molar-refractivity contribution < 1.29 is 4.39 Å². The van der Waals surface area contributed by atoms with E-state index in [9.17, 15) is 9.18 Å². The fourth-order valence-corrected chi connectivity index (χ4v) is 1.67. The van der Waals surface area contributed by atoms with Crippen LogP contribution in [0.3, 0.4) is 0 Å². The highest BCUT2D eigenvalue weighted by molar-refractivity contribution is 9.10. The molecule has 0 amide bonds. The van der Waals surface area contributed by atoms with Crippen molar-refractivity contribution in [3.05, 3.63) is 50.7 Å². The molecule has 1 heterocycles. The van der Waals surface area contributed by atoms with E-state index >= 15 is 0 Å². The molecule has 0 aliphatic carbocycles. The molecule has 0 atom stereocenters. The zero-order valence-electron chi connectivity index (χ0n) is 8.87. The van der Waals surface area contributed by atoms with Gasteiger partial charge in [0.2, 0.25) is 0 Å². The number of aromatic amines is 1. The summed E-state index contributed by atoms with van der Waals surface area (Å²) in [5, 5.41) is 11.3. The lowest BCUT2D eigenvalue weighted by molar-refractivity contribution is 0.631. The highest BCUT2D eigenvalue weighted by Gasteiger charge is 2.05. The summed E-state index contributed by atoms with van der Waals surface area (Å²) in [6.45, 7) is 0. The lowest BCUT2D eigenvalue weighted by Crippen LogP contribution is -2.13. The Labute approximate surface area is 109 Å². The summed E-state index contributed by atoms with van der Waals surface area (Å²) in [5.41, 5.74) is -0.466. The third-order valence-electron chi connectivity index (χ3n) is 2.06. The zero-order chi connectivity index (χ0) is 13.1.